The van der Waals surface area contributed by atoms with Crippen LogP contribution in [0.5, 0.6) is 5.75 Å². The van der Waals surface area contributed by atoms with Gasteiger partial charge in [0, 0.05) is 11.6 Å². The van der Waals surface area contributed by atoms with E-state index in [1.807, 2.05) is 24.3 Å². The van der Waals surface area contributed by atoms with E-state index in [4.69, 9.17) is 4.74 Å². The molecule has 0 radical (unpaired) electrons. The third kappa shape index (κ3) is 3.05. The highest BCUT2D eigenvalue weighted by Crippen LogP contribution is 2.53. The highest BCUT2D eigenvalue weighted by atomic mass is 16.5. The molecule has 4 fully saturated rings. The fourth-order valence-electron chi connectivity index (χ4n) is 5.42. The van der Waals surface area contributed by atoms with Crippen molar-refractivity contribution in [2.24, 2.45) is 23.7 Å². The number of nitrogens with one attached hydrogen (secondary N) is 1. The van der Waals surface area contributed by atoms with Gasteiger partial charge in [0.25, 0.3) is 5.91 Å². The van der Waals surface area contributed by atoms with Gasteiger partial charge in [-0.25, -0.2) is 0 Å². The van der Waals surface area contributed by atoms with Gasteiger partial charge in [-0.1, -0.05) is 13.0 Å². The summed E-state index contributed by atoms with van der Waals surface area (Å²) < 4.78 is 5.86. The van der Waals surface area contributed by atoms with E-state index in [1.54, 1.807) is 0 Å². The summed E-state index contributed by atoms with van der Waals surface area (Å²) in [5.41, 5.74) is 0.726. The molecule has 130 valence electrons. The van der Waals surface area contributed by atoms with E-state index in [9.17, 15) is 4.79 Å². The lowest BCUT2D eigenvalue weighted by Gasteiger charge is -2.54. The monoisotopic (exact) mass is 327 g/mol. The van der Waals surface area contributed by atoms with E-state index in [1.165, 1.54) is 32.1 Å². The first kappa shape index (κ1) is 16.0. The van der Waals surface area contributed by atoms with Crippen LogP contribution in [0.15, 0.2) is 24.3 Å². The maximum Gasteiger partial charge on any atom is 0.251 e. The standard InChI is InChI=1S/C21H29NO2/c1-3-13(2)24-19-6-4-5-16(12-19)21(23)22-20-17-8-14-7-15(10-17)11-18(20)9-14/h4-6,12-15,17-18,20H,3,7-11H2,1-2H3,(H,22,23)/t13-,14?,15?,17?,18?,20?/m1/s1. The number of benzene rings is 1. The van der Waals surface area contributed by atoms with Gasteiger partial charge < -0.3 is 10.1 Å². The molecule has 3 heteroatoms. The molecule has 4 bridgehead atoms. The third-order valence-electron chi connectivity index (χ3n) is 6.53. The van der Waals surface area contributed by atoms with Crippen LogP contribution in [0.2, 0.25) is 0 Å². The Morgan fingerprint density at radius 3 is 2.46 bits per heavy atom. The zero-order valence-electron chi connectivity index (χ0n) is 14.8. The number of carbonyl (C=O) groups is 1. The molecular weight excluding hydrogens is 298 g/mol. The Bertz CT molecular complexity index is 584. The van der Waals surface area contributed by atoms with Crippen LogP contribution in [-0.4, -0.2) is 18.1 Å². The first-order valence-electron chi connectivity index (χ1n) is 9.70. The maximum absolute atomic E-state index is 12.8. The van der Waals surface area contributed by atoms with Crippen molar-refractivity contribution in [2.75, 3.05) is 0 Å². The fourth-order valence-corrected chi connectivity index (χ4v) is 5.42. The third-order valence-corrected chi connectivity index (χ3v) is 6.53. The molecule has 1 aromatic rings. The molecule has 5 rings (SSSR count). The van der Waals surface area contributed by atoms with E-state index < -0.39 is 0 Å². The van der Waals surface area contributed by atoms with Crippen LogP contribution in [-0.2, 0) is 0 Å². The Morgan fingerprint density at radius 1 is 1.17 bits per heavy atom. The summed E-state index contributed by atoms with van der Waals surface area (Å²) in [6.07, 6.45) is 7.90. The summed E-state index contributed by atoms with van der Waals surface area (Å²) in [7, 11) is 0. The van der Waals surface area contributed by atoms with Crippen molar-refractivity contribution in [3.63, 3.8) is 0 Å². The fraction of sp³-hybridized carbons (Fsp3) is 0.667. The molecule has 1 atom stereocenters. The second-order valence-electron chi connectivity index (χ2n) is 8.29. The molecular formula is C21H29NO2. The number of amides is 1. The van der Waals surface area contributed by atoms with E-state index in [0.717, 1.165) is 29.6 Å². The zero-order chi connectivity index (χ0) is 16.7. The van der Waals surface area contributed by atoms with Gasteiger partial charge in [0.15, 0.2) is 0 Å². The molecule has 0 aliphatic heterocycles. The van der Waals surface area contributed by atoms with Crippen LogP contribution in [0.4, 0.5) is 0 Å². The number of ether oxygens (including phenoxy) is 1. The summed E-state index contributed by atoms with van der Waals surface area (Å²) in [5, 5.41) is 3.38. The molecule has 24 heavy (non-hydrogen) atoms. The molecule has 4 aliphatic carbocycles. The van der Waals surface area contributed by atoms with Gasteiger partial charge in [0.05, 0.1) is 6.10 Å². The van der Waals surface area contributed by atoms with E-state index in [0.29, 0.717) is 17.9 Å². The van der Waals surface area contributed by atoms with E-state index in [2.05, 4.69) is 19.2 Å². The quantitative estimate of drug-likeness (QED) is 0.869. The predicted octanol–water partition coefficient (Wildman–Crippen LogP) is 4.42. The normalized spacial score (nSPS) is 34.8. The lowest BCUT2D eigenvalue weighted by molar-refractivity contribution is -0.0119. The summed E-state index contributed by atoms with van der Waals surface area (Å²) in [5.74, 6) is 4.17. The molecule has 0 spiro atoms. The smallest absolute Gasteiger partial charge is 0.251 e. The Kier molecular flexibility index (Phi) is 4.28. The number of hydrogen-bond acceptors (Lipinski definition) is 2. The minimum Gasteiger partial charge on any atom is -0.491 e. The molecule has 0 unspecified atom stereocenters. The van der Waals surface area contributed by atoms with Crippen LogP contribution in [0, 0.1) is 23.7 Å². The second kappa shape index (κ2) is 6.42. The second-order valence-corrected chi connectivity index (χ2v) is 8.29. The van der Waals surface area contributed by atoms with Gasteiger partial charge in [-0.2, -0.15) is 0 Å². The maximum atomic E-state index is 12.8. The van der Waals surface area contributed by atoms with Crippen molar-refractivity contribution >= 4 is 5.91 Å². The molecule has 1 N–H and O–H groups in total. The Labute approximate surface area is 145 Å². The summed E-state index contributed by atoms with van der Waals surface area (Å²) in [4.78, 5) is 12.8. The topological polar surface area (TPSA) is 38.3 Å². The van der Waals surface area contributed by atoms with Gasteiger partial charge >= 0.3 is 0 Å². The lowest BCUT2D eigenvalue weighted by Crippen LogP contribution is -2.55. The zero-order valence-corrected chi connectivity index (χ0v) is 14.8. The summed E-state index contributed by atoms with van der Waals surface area (Å²) in [6, 6.07) is 8.03. The Hall–Kier alpha value is -1.51. The van der Waals surface area contributed by atoms with E-state index in [-0.39, 0.29) is 12.0 Å². The average Bonchev–Trinajstić information content (AvgIpc) is 2.57. The van der Waals surface area contributed by atoms with Gasteiger partial charge in [0.1, 0.15) is 5.75 Å². The highest BCUT2D eigenvalue weighted by Gasteiger charge is 2.48. The molecule has 1 amide bonds. The number of carbonyl (C=O) groups excluding carboxylic acids is 1. The first-order valence-corrected chi connectivity index (χ1v) is 9.70. The molecule has 1 aromatic carbocycles. The van der Waals surface area contributed by atoms with Crippen LogP contribution in [0.25, 0.3) is 0 Å². The molecule has 0 aromatic heterocycles. The average molecular weight is 327 g/mol. The Morgan fingerprint density at radius 2 is 1.83 bits per heavy atom. The van der Waals surface area contributed by atoms with Crippen LogP contribution >= 0.6 is 0 Å². The van der Waals surface area contributed by atoms with Crippen LogP contribution < -0.4 is 10.1 Å². The molecule has 4 saturated carbocycles. The summed E-state index contributed by atoms with van der Waals surface area (Å²) in [6.45, 7) is 4.16. The largest absolute Gasteiger partial charge is 0.491 e. The van der Waals surface area contributed by atoms with Crippen molar-refractivity contribution in [1.82, 2.24) is 5.32 Å². The lowest BCUT2D eigenvalue weighted by atomic mass is 9.54. The number of hydrogen-bond donors (Lipinski definition) is 1. The van der Waals surface area contributed by atoms with Crippen molar-refractivity contribution in [1.29, 1.82) is 0 Å². The number of rotatable bonds is 5. The molecule has 4 aliphatic rings. The SMILES string of the molecule is CC[C@@H](C)Oc1cccc(C(=O)NC2C3CC4CC(C3)CC2C4)c1. The van der Waals surface area contributed by atoms with E-state index >= 15 is 0 Å². The van der Waals surface area contributed by atoms with Gasteiger partial charge in [0.2, 0.25) is 0 Å². The van der Waals surface area contributed by atoms with Crippen molar-refractivity contribution in [3.8, 4) is 5.75 Å². The first-order chi connectivity index (χ1) is 11.6. The van der Waals surface area contributed by atoms with Crippen LogP contribution in [0.1, 0.15) is 62.7 Å². The minimum absolute atomic E-state index is 0.0714. The Balaban J connectivity index is 1.44. The van der Waals surface area contributed by atoms with Gasteiger partial charge in [-0.3, -0.25) is 4.79 Å². The summed E-state index contributed by atoms with van der Waals surface area (Å²) >= 11 is 0. The minimum atomic E-state index is 0.0714. The van der Waals surface area contributed by atoms with Crippen molar-refractivity contribution in [2.45, 2.75) is 64.5 Å². The van der Waals surface area contributed by atoms with Gasteiger partial charge in [-0.15, -0.1) is 0 Å². The van der Waals surface area contributed by atoms with Crippen molar-refractivity contribution < 1.29 is 9.53 Å². The molecule has 3 nitrogen and oxygen atoms in total. The molecule has 0 heterocycles. The van der Waals surface area contributed by atoms with Gasteiger partial charge in [-0.05, 0) is 87.3 Å². The molecule has 0 saturated heterocycles. The van der Waals surface area contributed by atoms with Crippen molar-refractivity contribution in [3.05, 3.63) is 29.8 Å². The van der Waals surface area contributed by atoms with Crippen LogP contribution in [0.3, 0.4) is 0 Å². The highest BCUT2D eigenvalue weighted by molar-refractivity contribution is 5.94. The predicted molar refractivity (Wildman–Crippen MR) is 95.1 cm³/mol.